The molecule has 1 N–H and O–H groups in total. The number of hydrogen-bond donors (Lipinski definition) is 1. The maximum Gasteiger partial charge on any atom is 0.106 e. The van der Waals surface area contributed by atoms with Crippen LogP contribution in [0.4, 0.5) is 0 Å². The van der Waals surface area contributed by atoms with Crippen LogP contribution in [0.15, 0.2) is 36.7 Å². The Morgan fingerprint density at radius 2 is 1.89 bits per heavy atom. The van der Waals surface area contributed by atoms with Gasteiger partial charge in [-0.1, -0.05) is 24.3 Å². The van der Waals surface area contributed by atoms with Crippen LogP contribution in [0.25, 0.3) is 0 Å². The average Bonchev–Trinajstić information content (AvgIpc) is 2.85. The summed E-state index contributed by atoms with van der Waals surface area (Å²) < 4.78 is 0. The van der Waals surface area contributed by atoms with Crippen molar-refractivity contribution in [2.75, 3.05) is 0 Å². The van der Waals surface area contributed by atoms with Crippen molar-refractivity contribution in [2.45, 2.75) is 32.3 Å². The lowest BCUT2D eigenvalue weighted by atomic mass is 9.98. The van der Waals surface area contributed by atoms with Gasteiger partial charge in [0, 0.05) is 18.0 Å². The Balaban J connectivity index is 1.95. The number of nitrogens with zero attached hydrogens (tertiary/aromatic N) is 1. The number of rotatable bonds is 2. The van der Waals surface area contributed by atoms with Gasteiger partial charge >= 0.3 is 0 Å². The summed E-state index contributed by atoms with van der Waals surface area (Å²) in [6, 6.07) is 8.33. The maximum atomic E-state index is 10.4. The SMILES string of the molecule is Cc1cncc(C(O)c2ccc3c(c2)CCC3)c1. The van der Waals surface area contributed by atoms with Crippen LogP contribution >= 0.6 is 0 Å². The van der Waals surface area contributed by atoms with E-state index >= 15 is 0 Å². The highest BCUT2D eigenvalue weighted by atomic mass is 16.3. The first kappa shape index (κ1) is 11.4. The van der Waals surface area contributed by atoms with E-state index in [4.69, 9.17) is 0 Å². The highest BCUT2D eigenvalue weighted by Crippen LogP contribution is 2.28. The molecule has 1 aliphatic rings. The first-order valence-corrected chi connectivity index (χ1v) is 6.45. The van der Waals surface area contributed by atoms with Gasteiger partial charge in [-0.15, -0.1) is 0 Å². The van der Waals surface area contributed by atoms with Gasteiger partial charge in [-0.25, -0.2) is 0 Å². The van der Waals surface area contributed by atoms with Crippen LogP contribution in [-0.4, -0.2) is 10.1 Å². The van der Waals surface area contributed by atoms with Gasteiger partial charge in [0.1, 0.15) is 6.10 Å². The van der Waals surface area contributed by atoms with E-state index in [0.29, 0.717) is 0 Å². The molecule has 1 aromatic heterocycles. The lowest BCUT2D eigenvalue weighted by molar-refractivity contribution is 0.219. The van der Waals surface area contributed by atoms with Crippen LogP contribution in [0.5, 0.6) is 0 Å². The molecule has 2 aromatic rings. The van der Waals surface area contributed by atoms with Crippen molar-refractivity contribution in [3.8, 4) is 0 Å². The lowest BCUT2D eigenvalue weighted by Gasteiger charge is -2.13. The molecule has 2 heteroatoms. The second kappa shape index (κ2) is 4.54. The van der Waals surface area contributed by atoms with Gasteiger partial charge in [0.2, 0.25) is 0 Å². The molecule has 2 nitrogen and oxygen atoms in total. The van der Waals surface area contributed by atoms with E-state index in [-0.39, 0.29) is 0 Å². The molecular formula is C16H17NO. The van der Waals surface area contributed by atoms with Crippen LogP contribution in [0.3, 0.4) is 0 Å². The zero-order valence-corrected chi connectivity index (χ0v) is 10.6. The Morgan fingerprint density at radius 3 is 2.72 bits per heavy atom. The van der Waals surface area contributed by atoms with Gasteiger partial charge in [0.25, 0.3) is 0 Å². The van der Waals surface area contributed by atoms with Crippen molar-refractivity contribution < 1.29 is 5.11 Å². The quantitative estimate of drug-likeness (QED) is 0.874. The molecule has 1 heterocycles. The summed E-state index contributed by atoms with van der Waals surface area (Å²) in [4.78, 5) is 4.14. The molecule has 0 amide bonds. The number of hydrogen-bond acceptors (Lipinski definition) is 2. The Morgan fingerprint density at radius 1 is 1.06 bits per heavy atom. The summed E-state index contributed by atoms with van der Waals surface area (Å²) in [5.74, 6) is 0. The zero-order chi connectivity index (χ0) is 12.5. The molecule has 1 aliphatic carbocycles. The fourth-order valence-corrected chi connectivity index (χ4v) is 2.68. The summed E-state index contributed by atoms with van der Waals surface area (Å²) in [5.41, 5.74) is 5.75. The van der Waals surface area contributed by atoms with E-state index < -0.39 is 6.10 Å². The molecule has 0 saturated carbocycles. The molecule has 1 unspecified atom stereocenters. The first-order valence-electron chi connectivity index (χ1n) is 6.45. The Hall–Kier alpha value is -1.67. The molecule has 0 fully saturated rings. The molecule has 0 radical (unpaired) electrons. The normalized spacial score (nSPS) is 15.4. The van der Waals surface area contributed by atoms with Crippen molar-refractivity contribution in [3.05, 3.63) is 64.5 Å². The van der Waals surface area contributed by atoms with Gasteiger partial charge in [-0.3, -0.25) is 4.98 Å². The van der Waals surface area contributed by atoms with Crippen LogP contribution in [0.1, 0.15) is 40.3 Å². The number of pyridine rings is 1. The van der Waals surface area contributed by atoms with Crippen molar-refractivity contribution in [1.82, 2.24) is 4.98 Å². The zero-order valence-electron chi connectivity index (χ0n) is 10.6. The third-order valence-corrected chi connectivity index (χ3v) is 3.65. The van der Waals surface area contributed by atoms with Crippen molar-refractivity contribution in [1.29, 1.82) is 0 Å². The number of benzene rings is 1. The molecule has 92 valence electrons. The Bertz CT molecular complexity index is 577. The molecule has 1 atom stereocenters. The minimum Gasteiger partial charge on any atom is -0.384 e. The summed E-state index contributed by atoms with van der Waals surface area (Å²) in [6.07, 6.45) is 6.54. The second-order valence-corrected chi connectivity index (χ2v) is 5.08. The van der Waals surface area contributed by atoms with E-state index in [1.165, 1.54) is 24.0 Å². The van der Waals surface area contributed by atoms with Gasteiger partial charge < -0.3 is 5.11 Å². The van der Waals surface area contributed by atoms with Crippen molar-refractivity contribution in [2.24, 2.45) is 0 Å². The minimum atomic E-state index is -0.566. The highest BCUT2D eigenvalue weighted by molar-refractivity contribution is 5.39. The molecule has 1 aromatic carbocycles. The monoisotopic (exact) mass is 239 g/mol. The molecule has 0 saturated heterocycles. The smallest absolute Gasteiger partial charge is 0.106 e. The maximum absolute atomic E-state index is 10.4. The summed E-state index contributed by atoms with van der Waals surface area (Å²) in [7, 11) is 0. The largest absolute Gasteiger partial charge is 0.384 e. The summed E-state index contributed by atoms with van der Waals surface area (Å²) in [5, 5.41) is 10.4. The van der Waals surface area contributed by atoms with Crippen LogP contribution in [0, 0.1) is 6.92 Å². The van der Waals surface area contributed by atoms with Gasteiger partial charge in [0.15, 0.2) is 0 Å². The molecule has 0 aliphatic heterocycles. The second-order valence-electron chi connectivity index (χ2n) is 5.08. The van der Waals surface area contributed by atoms with Crippen molar-refractivity contribution in [3.63, 3.8) is 0 Å². The average molecular weight is 239 g/mol. The Labute approximate surface area is 107 Å². The number of aliphatic hydroxyl groups is 1. The number of aromatic nitrogens is 1. The van der Waals surface area contributed by atoms with E-state index in [0.717, 1.165) is 23.1 Å². The van der Waals surface area contributed by atoms with E-state index in [1.807, 2.05) is 19.1 Å². The third-order valence-electron chi connectivity index (χ3n) is 3.65. The summed E-state index contributed by atoms with van der Waals surface area (Å²) in [6.45, 7) is 1.99. The van der Waals surface area contributed by atoms with Gasteiger partial charge in [0.05, 0.1) is 0 Å². The highest BCUT2D eigenvalue weighted by Gasteiger charge is 2.15. The fraction of sp³-hybridized carbons (Fsp3) is 0.312. The van der Waals surface area contributed by atoms with Crippen LogP contribution in [0.2, 0.25) is 0 Å². The topological polar surface area (TPSA) is 33.1 Å². The van der Waals surface area contributed by atoms with Crippen molar-refractivity contribution >= 4 is 0 Å². The first-order chi connectivity index (χ1) is 8.74. The van der Waals surface area contributed by atoms with E-state index in [9.17, 15) is 5.11 Å². The van der Waals surface area contributed by atoms with Crippen LogP contribution < -0.4 is 0 Å². The fourth-order valence-electron chi connectivity index (χ4n) is 2.68. The summed E-state index contributed by atoms with van der Waals surface area (Å²) >= 11 is 0. The number of fused-ring (bicyclic) bond motifs is 1. The molecular weight excluding hydrogens is 222 g/mol. The predicted octanol–water partition coefficient (Wildman–Crippen LogP) is 2.96. The number of aliphatic hydroxyl groups excluding tert-OH is 1. The van der Waals surface area contributed by atoms with Crippen LogP contribution in [-0.2, 0) is 12.8 Å². The molecule has 18 heavy (non-hydrogen) atoms. The standard InChI is InChI=1S/C16H17NO/c1-11-7-15(10-17-9-11)16(18)14-6-5-12-3-2-4-13(12)8-14/h5-10,16,18H,2-4H2,1H3. The predicted molar refractivity (Wildman–Crippen MR) is 71.5 cm³/mol. The Kier molecular flexibility index (Phi) is 2.88. The molecule has 3 rings (SSSR count). The minimum absolute atomic E-state index is 0.566. The van der Waals surface area contributed by atoms with Gasteiger partial charge in [-0.2, -0.15) is 0 Å². The molecule has 0 bridgehead atoms. The van der Waals surface area contributed by atoms with E-state index in [1.54, 1.807) is 12.4 Å². The molecule has 0 spiro atoms. The lowest BCUT2D eigenvalue weighted by Crippen LogP contribution is -2.01. The van der Waals surface area contributed by atoms with Gasteiger partial charge in [-0.05, 0) is 48.4 Å². The third kappa shape index (κ3) is 2.04. The van der Waals surface area contributed by atoms with E-state index in [2.05, 4.69) is 17.1 Å². The number of aryl methyl sites for hydroxylation is 3.